The molecule has 0 N–H and O–H groups in total. The minimum absolute atomic E-state index is 0.0366. The molecular weight excluding hydrogens is 484 g/mol. The van der Waals surface area contributed by atoms with Gasteiger partial charge in [-0.25, -0.2) is 9.78 Å². The van der Waals surface area contributed by atoms with Crippen LogP contribution in [0.25, 0.3) is 5.65 Å². The number of carbonyl (C=O) groups is 2. The van der Waals surface area contributed by atoms with Gasteiger partial charge in [0, 0.05) is 65.5 Å². The molecular formula is C28H34N6O4. The molecule has 0 unspecified atom stereocenters. The predicted molar refractivity (Wildman–Crippen MR) is 147 cm³/mol. The van der Waals surface area contributed by atoms with Crippen LogP contribution in [0.4, 0.5) is 16.2 Å². The quantitative estimate of drug-likeness (QED) is 0.444. The van der Waals surface area contributed by atoms with Crippen LogP contribution in [0.5, 0.6) is 5.75 Å². The van der Waals surface area contributed by atoms with Gasteiger partial charge in [-0.1, -0.05) is 30.3 Å². The standard InChI is InChI=1S/C28H34N6O4/c1-19(2)31-11-13-32(14-12-31)22-16-23(33-15-10-30(4)28(33)37)26-29-24(20(3)35)25(27(36)34(26)17-22)38-18-21-8-6-5-7-9-21/h5-9,16-17,19H,10-15,18H2,1-4H3. The summed E-state index contributed by atoms with van der Waals surface area (Å²) in [5, 5.41) is 0. The molecule has 2 aliphatic rings. The molecule has 1 aromatic carbocycles. The van der Waals surface area contributed by atoms with Crippen LogP contribution in [0.3, 0.4) is 0 Å². The molecule has 0 atom stereocenters. The smallest absolute Gasteiger partial charge is 0.324 e. The van der Waals surface area contributed by atoms with Crippen LogP contribution in [-0.4, -0.2) is 83.4 Å². The number of hydrogen-bond acceptors (Lipinski definition) is 7. The van der Waals surface area contributed by atoms with E-state index in [0.717, 1.165) is 37.4 Å². The van der Waals surface area contributed by atoms with E-state index in [1.165, 1.54) is 11.3 Å². The van der Waals surface area contributed by atoms with E-state index in [2.05, 4.69) is 28.6 Å². The van der Waals surface area contributed by atoms with Gasteiger partial charge in [0.2, 0.25) is 5.75 Å². The molecule has 0 aliphatic carbocycles. The molecule has 0 radical (unpaired) electrons. The van der Waals surface area contributed by atoms with Crippen molar-refractivity contribution in [1.82, 2.24) is 19.2 Å². The third-order valence-electron chi connectivity index (χ3n) is 7.33. The van der Waals surface area contributed by atoms with E-state index in [1.54, 1.807) is 23.0 Å². The fourth-order valence-corrected chi connectivity index (χ4v) is 5.03. The summed E-state index contributed by atoms with van der Waals surface area (Å²) < 4.78 is 7.36. The number of pyridine rings is 1. The molecule has 2 aromatic heterocycles. The fourth-order valence-electron chi connectivity index (χ4n) is 5.03. The second-order valence-electron chi connectivity index (χ2n) is 10.2. The Balaban J connectivity index is 1.63. The van der Waals surface area contributed by atoms with E-state index in [-0.39, 0.29) is 35.5 Å². The summed E-state index contributed by atoms with van der Waals surface area (Å²) in [7, 11) is 1.75. The Morgan fingerprint density at radius 1 is 1.03 bits per heavy atom. The molecule has 10 heteroatoms. The summed E-state index contributed by atoms with van der Waals surface area (Å²) in [5.41, 5.74) is 1.96. The fraction of sp³-hybridized carbons (Fsp3) is 0.429. The number of amides is 2. The van der Waals surface area contributed by atoms with Crippen LogP contribution in [0, 0.1) is 0 Å². The van der Waals surface area contributed by atoms with Crippen LogP contribution in [0.1, 0.15) is 36.8 Å². The lowest BCUT2D eigenvalue weighted by molar-refractivity contribution is 0.100. The Bertz CT molecular complexity index is 1410. The molecule has 2 aliphatic heterocycles. The van der Waals surface area contributed by atoms with E-state index in [4.69, 9.17) is 4.74 Å². The molecule has 200 valence electrons. The zero-order valence-electron chi connectivity index (χ0n) is 22.4. The zero-order chi connectivity index (χ0) is 27.0. The van der Waals surface area contributed by atoms with Crippen LogP contribution in [0.2, 0.25) is 0 Å². The van der Waals surface area contributed by atoms with Crippen LogP contribution in [-0.2, 0) is 6.61 Å². The highest BCUT2D eigenvalue weighted by molar-refractivity contribution is 6.00. The van der Waals surface area contributed by atoms with E-state index in [0.29, 0.717) is 24.8 Å². The average molecular weight is 519 g/mol. The first kappa shape index (κ1) is 25.7. The number of piperazine rings is 1. The molecule has 38 heavy (non-hydrogen) atoms. The summed E-state index contributed by atoms with van der Waals surface area (Å²) in [6.45, 7) is 10.3. The molecule has 10 nitrogen and oxygen atoms in total. The molecule has 2 fully saturated rings. The third kappa shape index (κ3) is 4.83. The monoisotopic (exact) mass is 518 g/mol. The topological polar surface area (TPSA) is 90.7 Å². The van der Waals surface area contributed by atoms with E-state index in [9.17, 15) is 14.4 Å². The normalized spacial score (nSPS) is 16.7. The minimum Gasteiger partial charge on any atom is -0.481 e. The number of Topliss-reactive ketones (excluding diaryl/α,β-unsaturated/α-hetero) is 1. The Morgan fingerprint density at radius 2 is 1.74 bits per heavy atom. The van der Waals surface area contributed by atoms with Crippen LogP contribution >= 0.6 is 0 Å². The first-order valence-corrected chi connectivity index (χ1v) is 13.0. The molecule has 0 spiro atoms. The molecule has 5 rings (SSSR count). The number of nitrogens with zero attached hydrogens (tertiary/aromatic N) is 6. The largest absolute Gasteiger partial charge is 0.481 e. The maximum Gasteiger partial charge on any atom is 0.324 e. The number of rotatable bonds is 7. The van der Waals surface area contributed by atoms with Gasteiger partial charge < -0.3 is 14.5 Å². The molecule has 0 saturated carbocycles. The van der Waals surface area contributed by atoms with Crippen molar-refractivity contribution in [2.24, 2.45) is 0 Å². The van der Waals surface area contributed by atoms with E-state index < -0.39 is 5.56 Å². The van der Waals surface area contributed by atoms with Crippen molar-refractivity contribution >= 4 is 28.8 Å². The molecule has 2 saturated heterocycles. The molecule has 2 amide bonds. The van der Waals surface area contributed by atoms with Gasteiger partial charge in [-0.3, -0.25) is 23.8 Å². The number of hydrogen-bond donors (Lipinski definition) is 0. The summed E-state index contributed by atoms with van der Waals surface area (Å²) in [4.78, 5) is 52.0. The lowest BCUT2D eigenvalue weighted by Gasteiger charge is -2.38. The summed E-state index contributed by atoms with van der Waals surface area (Å²) >= 11 is 0. The van der Waals surface area contributed by atoms with E-state index in [1.807, 2.05) is 36.4 Å². The Kier molecular flexibility index (Phi) is 7.07. The number of urea groups is 1. The van der Waals surface area contributed by atoms with Crippen molar-refractivity contribution in [1.29, 1.82) is 0 Å². The molecule has 3 aromatic rings. The Labute approximate surface area is 222 Å². The average Bonchev–Trinajstić information content (AvgIpc) is 3.25. The van der Waals surface area contributed by atoms with E-state index >= 15 is 0 Å². The van der Waals surface area contributed by atoms with Crippen molar-refractivity contribution in [2.75, 3.05) is 56.1 Å². The van der Waals surface area contributed by atoms with Crippen molar-refractivity contribution < 1.29 is 14.3 Å². The SMILES string of the molecule is CC(=O)c1nc2c(N3CCN(C)C3=O)cc(N3CCN(C(C)C)CC3)cn2c(=O)c1OCc1ccccc1. The van der Waals surface area contributed by atoms with Crippen LogP contribution in [0.15, 0.2) is 47.4 Å². The lowest BCUT2D eigenvalue weighted by Crippen LogP contribution is -2.49. The number of ether oxygens (including phenoxy) is 1. The number of carbonyl (C=O) groups excluding carboxylic acids is 2. The first-order chi connectivity index (χ1) is 18.2. The van der Waals surface area contributed by atoms with Gasteiger partial charge in [0.05, 0.1) is 11.4 Å². The minimum atomic E-state index is -0.472. The Hall–Kier alpha value is -3.92. The highest BCUT2D eigenvalue weighted by Gasteiger charge is 2.31. The number of aromatic nitrogens is 2. The van der Waals surface area contributed by atoms with Crippen LogP contribution < -0.4 is 20.1 Å². The summed E-state index contributed by atoms with van der Waals surface area (Å²) in [6.07, 6.45) is 1.75. The van der Waals surface area contributed by atoms with Crippen molar-refractivity contribution in [2.45, 2.75) is 33.4 Å². The van der Waals surface area contributed by atoms with Gasteiger partial charge in [-0.05, 0) is 25.5 Å². The van der Waals surface area contributed by atoms with Gasteiger partial charge in [-0.2, -0.15) is 0 Å². The Morgan fingerprint density at radius 3 is 2.34 bits per heavy atom. The maximum absolute atomic E-state index is 13.9. The van der Waals surface area contributed by atoms with Crippen molar-refractivity contribution in [3.63, 3.8) is 0 Å². The second-order valence-corrected chi connectivity index (χ2v) is 10.2. The molecule has 4 heterocycles. The van der Waals surface area contributed by atoms with Gasteiger partial charge in [0.1, 0.15) is 6.61 Å². The summed E-state index contributed by atoms with van der Waals surface area (Å²) in [5.74, 6) is -0.464. The first-order valence-electron chi connectivity index (χ1n) is 13.0. The van der Waals surface area contributed by atoms with Gasteiger partial charge in [0.25, 0.3) is 0 Å². The number of benzene rings is 1. The molecule has 0 bridgehead atoms. The summed E-state index contributed by atoms with van der Waals surface area (Å²) in [6, 6.07) is 11.7. The van der Waals surface area contributed by atoms with Crippen molar-refractivity contribution in [3.8, 4) is 5.75 Å². The maximum atomic E-state index is 13.9. The number of fused-ring (bicyclic) bond motifs is 1. The van der Waals surface area contributed by atoms with Gasteiger partial charge >= 0.3 is 11.6 Å². The number of likely N-dealkylation sites (N-methyl/N-ethyl adjacent to an activating group) is 1. The highest BCUT2D eigenvalue weighted by atomic mass is 16.5. The lowest BCUT2D eigenvalue weighted by atomic mass is 10.2. The van der Waals surface area contributed by atoms with Crippen molar-refractivity contribution in [3.05, 3.63) is 64.2 Å². The number of ketones is 1. The third-order valence-corrected chi connectivity index (χ3v) is 7.33. The highest BCUT2D eigenvalue weighted by Crippen LogP contribution is 2.31. The zero-order valence-corrected chi connectivity index (χ0v) is 22.4. The van der Waals surface area contributed by atoms with Gasteiger partial charge in [-0.15, -0.1) is 0 Å². The second kappa shape index (κ2) is 10.4. The number of anilines is 2. The van der Waals surface area contributed by atoms with Gasteiger partial charge in [0.15, 0.2) is 17.1 Å². The predicted octanol–water partition coefficient (Wildman–Crippen LogP) is 2.88.